The summed E-state index contributed by atoms with van der Waals surface area (Å²) in [6.07, 6.45) is 0. The summed E-state index contributed by atoms with van der Waals surface area (Å²) in [6, 6.07) is 27.9. The van der Waals surface area contributed by atoms with E-state index >= 15 is 0 Å². The quantitative estimate of drug-likeness (QED) is 0.286. The molecule has 0 unspecified atom stereocenters. The van der Waals surface area contributed by atoms with Gasteiger partial charge in [0.05, 0.1) is 5.69 Å². The molecule has 0 fully saturated rings. The predicted molar refractivity (Wildman–Crippen MR) is 113 cm³/mol. The van der Waals surface area contributed by atoms with Crippen molar-refractivity contribution in [2.24, 2.45) is 0 Å². The lowest BCUT2D eigenvalue weighted by atomic mass is 9.96. The highest BCUT2D eigenvalue weighted by Gasteiger charge is 2.16. The Hall–Kier alpha value is -3.72. The van der Waals surface area contributed by atoms with Crippen LogP contribution >= 0.6 is 0 Å². The van der Waals surface area contributed by atoms with E-state index in [2.05, 4.69) is 18.2 Å². The molecular formula is C25H17NO2. The number of fused-ring (bicyclic) bond motifs is 3. The minimum absolute atomic E-state index is 0.357. The Kier molecular flexibility index (Phi) is 3.80. The van der Waals surface area contributed by atoms with Crippen LogP contribution in [0.25, 0.3) is 44.3 Å². The summed E-state index contributed by atoms with van der Waals surface area (Å²) in [5.41, 5.74) is 5.44. The van der Waals surface area contributed by atoms with Crippen LogP contribution < -0.4 is 5.63 Å². The first kappa shape index (κ1) is 16.5. The number of hydrogen-bond acceptors (Lipinski definition) is 3. The average molecular weight is 363 g/mol. The zero-order chi connectivity index (χ0) is 19.1. The smallest absolute Gasteiger partial charge is 0.363 e. The molecule has 0 saturated carbocycles. The normalized spacial score (nSPS) is 11.2. The molecule has 0 spiro atoms. The molecule has 0 aliphatic carbocycles. The fraction of sp³-hybridized carbons (Fsp3) is 0.0400. The minimum atomic E-state index is -0.417. The second kappa shape index (κ2) is 6.46. The Morgan fingerprint density at radius 2 is 1.50 bits per heavy atom. The molecule has 28 heavy (non-hydrogen) atoms. The second-order valence-corrected chi connectivity index (χ2v) is 6.90. The van der Waals surface area contributed by atoms with Crippen molar-refractivity contribution < 1.29 is 4.42 Å². The predicted octanol–water partition coefficient (Wildman–Crippen LogP) is 5.98. The van der Waals surface area contributed by atoms with E-state index in [1.165, 1.54) is 5.56 Å². The first-order valence-electron chi connectivity index (χ1n) is 9.20. The number of benzene rings is 3. The summed E-state index contributed by atoms with van der Waals surface area (Å²) < 4.78 is 5.56. The van der Waals surface area contributed by atoms with Crippen molar-refractivity contribution in [3.8, 4) is 22.4 Å². The van der Waals surface area contributed by atoms with Crippen molar-refractivity contribution in [2.45, 2.75) is 6.92 Å². The maximum Gasteiger partial charge on any atom is 0.363 e. The van der Waals surface area contributed by atoms with E-state index in [9.17, 15) is 4.79 Å². The van der Waals surface area contributed by atoms with Gasteiger partial charge in [0.1, 0.15) is 5.58 Å². The lowest BCUT2D eigenvalue weighted by molar-refractivity contribution is 0.568. The van der Waals surface area contributed by atoms with Gasteiger partial charge in [0.25, 0.3) is 0 Å². The van der Waals surface area contributed by atoms with Crippen LogP contribution in [0.1, 0.15) is 5.56 Å². The van der Waals surface area contributed by atoms with Gasteiger partial charge < -0.3 is 4.42 Å². The molecule has 0 radical (unpaired) electrons. The van der Waals surface area contributed by atoms with Crippen LogP contribution in [0, 0.1) is 6.92 Å². The van der Waals surface area contributed by atoms with E-state index in [0.717, 1.165) is 33.2 Å². The summed E-state index contributed by atoms with van der Waals surface area (Å²) in [6.45, 7) is 2.05. The Morgan fingerprint density at radius 1 is 0.786 bits per heavy atom. The van der Waals surface area contributed by atoms with Crippen LogP contribution in [0.2, 0.25) is 0 Å². The largest absolute Gasteiger partial charge is 0.421 e. The van der Waals surface area contributed by atoms with Gasteiger partial charge in [-0.2, -0.15) is 0 Å². The fourth-order valence-electron chi connectivity index (χ4n) is 3.59. The highest BCUT2D eigenvalue weighted by atomic mass is 16.4. The van der Waals surface area contributed by atoms with Crippen molar-refractivity contribution in [1.82, 2.24) is 4.98 Å². The van der Waals surface area contributed by atoms with Gasteiger partial charge in [0.2, 0.25) is 0 Å². The van der Waals surface area contributed by atoms with E-state index < -0.39 is 5.63 Å². The maximum atomic E-state index is 12.8. The van der Waals surface area contributed by atoms with Crippen LogP contribution in [-0.2, 0) is 0 Å². The summed E-state index contributed by atoms with van der Waals surface area (Å²) in [5.74, 6) is 0. The van der Waals surface area contributed by atoms with Gasteiger partial charge in [-0.1, -0.05) is 78.4 Å². The van der Waals surface area contributed by atoms with Crippen molar-refractivity contribution in [3.63, 3.8) is 0 Å². The lowest BCUT2D eigenvalue weighted by Gasteiger charge is -2.12. The molecular weight excluding hydrogens is 346 g/mol. The third kappa shape index (κ3) is 2.69. The number of aryl methyl sites for hydroxylation is 1. The molecule has 134 valence electrons. The van der Waals surface area contributed by atoms with Gasteiger partial charge in [0, 0.05) is 16.3 Å². The molecule has 2 aromatic heterocycles. The van der Waals surface area contributed by atoms with Gasteiger partial charge in [-0.15, -0.1) is 0 Å². The first-order chi connectivity index (χ1) is 13.7. The molecule has 3 nitrogen and oxygen atoms in total. The lowest BCUT2D eigenvalue weighted by Crippen LogP contribution is -2.04. The van der Waals surface area contributed by atoms with E-state index in [0.29, 0.717) is 11.1 Å². The molecule has 0 N–H and O–H groups in total. The average Bonchev–Trinajstić information content (AvgIpc) is 2.74. The van der Waals surface area contributed by atoms with Crippen molar-refractivity contribution in [3.05, 3.63) is 101 Å². The number of aromatic nitrogens is 1. The Bertz CT molecular complexity index is 1370. The van der Waals surface area contributed by atoms with E-state index in [1.54, 1.807) is 0 Å². The highest BCUT2D eigenvalue weighted by molar-refractivity contribution is 6.11. The van der Waals surface area contributed by atoms with Gasteiger partial charge in [-0.05, 0) is 30.2 Å². The molecule has 3 aromatic carbocycles. The Balaban J connectivity index is 1.94. The number of pyridine rings is 1. The van der Waals surface area contributed by atoms with E-state index in [1.807, 2.05) is 73.7 Å². The van der Waals surface area contributed by atoms with Crippen molar-refractivity contribution in [1.29, 1.82) is 0 Å². The van der Waals surface area contributed by atoms with Crippen LogP contribution in [0.3, 0.4) is 0 Å². The highest BCUT2D eigenvalue weighted by Crippen LogP contribution is 2.35. The summed E-state index contributed by atoms with van der Waals surface area (Å²) in [4.78, 5) is 17.5. The first-order valence-corrected chi connectivity index (χ1v) is 9.20. The van der Waals surface area contributed by atoms with Crippen LogP contribution in [0.5, 0.6) is 0 Å². The zero-order valence-electron chi connectivity index (χ0n) is 15.3. The second-order valence-electron chi connectivity index (χ2n) is 6.90. The van der Waals surface area contributed by atoms with Gasteiger partial charge in [-0.25, -0.2) is 9.78 Å². The topological polar surface area (TPSA) is 43.1 Å². The molecule has 5 aromatic rings. The monoisotopic (exact) mass is 363 g/mol. The molecule has 2 heterocycles. The summed E-state index contributed by atoms with van der Waals surface area (Å²) in [7, 11) is 0. The van der Waals surface area contributed by atoms with Crippen LogP contribution in [0.4, 0.5) is 0 Å². The molecule has 0 aliphatic heterocycles. The minimum Gasteiger partial charge on any atom is -0.421 e. The standard InChI is InChI=1S/C25H17NO2/c1-16-11-13-18(14-12-16)21-15-20(17-7-3-2-4-8-17)23-19-9-5-6-10-22(19)28-25(27)24(23)26-21/h2-15H,1H3. The molecule has 0 saturated heterocycles. The number of para-hydroxylation sites is 1. The SMILES string of the molecule is Cc1ccc(-c2cc(-c3ccccc3)c3c(n2)c(=O)oc2ccccc23)cc1. The number of hydrogen-bond donors (Lipinski definition) is 0. The Labute approximate surface area is 161 Å². The fourth-order valence-corrected chi connectivity index (χ4v) is 3.59. The van der Waals surface area contributed by atoms with Crippen LogP contribution in [-0.4, -0.2) is 4.98 Å². The van der Waals surface area contributed by atoms with Crippen LogP contribution in [0.15, 0.2) is 94.1 Å². The zero-order valence-corrected chi connectivity index (χ0v) is 15.3. The molecule has 3 heteroatoms. The number of rotatable bonds is 2. The van der Waals surface area contributed by atoms with Gasteiger partial charge >= 0.3 is 5.63 Å². The van der Waals surface area contributed by atoms with Gasteiger partial charge in [0.15, 0.2) is 5.52 Å². The Morgan fingerprint density at radius 3 is 2.29 bits per heavy atom. The van der Waals surface area contributed by atoms with Gasteiger partial charge in [-0.3, -0.25) is 0 Å². The third-order valence-corrected chi connectivity index (χ3v) is 5.00. The number of nitrogens with zero attached hydrogens (tertiary/aromatic N) is 1. The van der Waals surface area contributed by atoms with Crippen molar-refractivity contribution in [2.75, 3.05) is 0 Å². The van der Waals surface area contributed by atoms with Crippen molar-refractivity contribution >= 4 is 21.9 Å². The maximum absolute atomic E-state index is 12.8. The molecule has 0 bridgehead atoms. The molecule has 5 rings (SSSR count). The molecule has 0 amide bonds. The van der Waals surface area contributed by atoms with E-state index in [4.69, 9.17) is 9.40 Å². The summed E-state index contributed by atoms with van der Waals surface area (Å²) in [5, 5.41) is 1.72. The third-order valence-electron chi connectivity index (χ3n) is 5.00. The molecule has 0 aliphatic rings. The van der Waals surface area contributed by atoms with E-state index in [-0.39, 0.29) is 0 Å². The summed E-state index contributed by atoms with van der Waals surface area (Å²) >= 11 is 0. The molecule has 0 atom stereocenters.